The smallest absolute Gasteiger partial charge is 0.243 e. The zero-order valence-corrected chi connectivity index (χ0v) is 22.2. The van der Waals surface area contributed by atoms with E-state index < -0.39 is 10.0 Å². The summed E-state index contributed by atoms with van der Waals surface area (Å²) in [5.74, 6) is -0.122. The number of rotatable bonds is 16. The van der Waals surface area contributed by atoms with E-state index in [-0.39, 0.29) is 24.8 Å². The number of morpholine rings is 1. The first-order valence-electron chi connectivity index (χ1n) is 12.9. The zero-order chi connectivity index (χ0) is 26.2. The van der Waals surface area contributed by atoms with E-state index in [1.165, 1.54) is 10.5 Å². The van der Waals surface area contributed by atoms with Gasteiger partial charge in [0.1, 0.15) is 0 Å². The molecule has 2 heterocycles. The number of pyridine rings is 1. The van der Waals surface area contributed by atoms with Gasteiger partial charge in [0.25, 0.3) is 0 Å². The average molecular weight is 531 g/mol. The van der Waals surface area contributed by atoms with Crippen molar-refractivity contribution in [3.8, 4) is 0 Å². The summed E-state index contributed by atoms with van der Waals surface area (Å²) < 4.78 is 32.7. The minimum Gasteiger partial charge on any atom is -0.379 e. The minimum absolute atomic E-state index is 0.0328. The van der Waals surface area contributed by atoms with Crippen LogP contribution in [0.1, 0.15) is 36.8 Å². The van der Waals surface area contributed by atoms with Gasteiger partial charge in [0.15, 0.2) is 0 Å². The second-order valence-corrected chi connectivity index (χ2v) is 10.9. The van der Waals surface area contributed by atoms with Crippen LogP contribution in [0.15, 0.2) is 60.9 Å². The maximum absolute atomic E-state index is 13.1. The van der Waals surface area contributed by atoms with Crippen molar-refractivity contribution in [3.63, 3.8) is 0 Å². The molecule has 1 saturated heterocycles. The normalized spacial score (nSPS) is 14.8. The summed E-state index contributed by atoms with van der Waals surface area (Å²) in [5, 5.41) is 2.85. The largest absolute Gasteiger partial charge is 0.379 e. The highest BCUT2D eigenvalue weighted by Gasteiger charge is 2.24. The summed E-state index contributed by atoms with van der Waals surface area (Å²) in [7, 11) is -3.56. The van der Waals surface area contributed by atoms with Gasteiger partial charge in [-0.15, -0.1) is 0 Å². The van der Waals surface area contributed by atoms with Gasteiger partial charge in [-0.2, -0.15) is 0 Å². The lowest BCUT2D eigenvalue weighted by Gasteiger charge is -2.29. The van der Waals surface area contributed by atoms with E-state index in [9.17, 15) is 13.2 Å². The van der Waals surface area contributed by atoms with Crippen molar-refractivity contribution in [2.45, 2.75) is 32.3 Å². The number of carbonyl (C=O) groups is 1. The molecule has 9 nitrogen and oxygen atoms in total. The first-order chi connectivity index (χ1) is 18.0. The Morgan fingerprint density at radius 1 is 1.08 bits per heavy atom. The van der Waals surface area contributed by atoms with E-state index in [1.54, 1.807) is 18.5 Å². The Balaban J connectivity index is 1.37. The van der Waals surface area contributed by atoms with Gasteiger partial charge in [-0.1, -0.05) is 53.7 Å². The molecule has 1 aromatic heterocycles. The summed E-state index contributed by atoms with van der Waals surface area (Å²) in [5.41, 5.74) is 1.79. The molecule has 3 rings (SSSR count). The second kappa shape index (κ2) is 16.3. The molecule has 1 aromatic carbocycles. The van der Waals surface area contributed by atoms with E-state index in [0.29, 0.717) is 32.7 Å². The molecule has 1 aliphatic heterocycles. The van der Waals surface area contributed by atoms with Crippen LogP contribution in [0.4, 0.5) is 0 Å². The number of aromatic nitrogens is 1. The maximum atomic E-state index is 13.1. The molecule has 0 spiro atoms. The summed E-state index contributed by atoms with van der Waals surface area (Å²) in [4.78, 5) is 23.9. The third-order valence-electron chi connectivity index (χ3n) is 5.97. The van der Waals surface area contributed by atoms with Crippen LogP contribution in [-0.2, 0) is 31.0 Å². The van der Waals surface area contributed by atoms with Crippen LogP contribution in [0.5, 0.6) is 0 Å². The van der Waals surface area contributed by atoms with Crippen molar-refractivity contribution in [1.29, 1.82) is 0 Å². The van der Waals surface area contributed by atoms with Gasteiger partial charge in [-0.3, -0.25) is 19.5 Å². The van der Waals surface area contributed by atoms with E-state index in [4.69, 9.17) is 9.57 Å². The molecule has 1 amide bonds. The number of nitrogens with one attached hydrogen (secondary N) is 1. The lowest BCUT2D eigenvalue weighted by atomic mass is 10.2. The first-order valence-corrected chi connectivity index (χ1v) is 14.5. The van der Waals surface area contributed by atoms with Crippen molar-refractivity contribution in [2.75, 3.05) is 51.7 Å². The number of benzene rings is 1. The van der Waals surface area contributed by atoms with Gasteiger partial charge in [0.05, 0.1) is 32.1 Å². The molecule has 1 aliphatic rings. The van der Waals surface area contributed by atoms with Crippen LogP contribution in [0.3, 0.4) is 0 Å². The van der Waals surface area contributed by atoms with E-state index in [1.807, 2.05) is 42.5 Å². The zero-order valence-electron chi connectivity index (χ0n) is 21.3. The van der Waals surface area contributed by atoms with Crippen LogP contribution < -0.4 is 5.32 Å². The Hall–Kier alpha value is -2.63. The molecule has 0 unspecified atom stereocenters. The number of nitrogens with zero attached hydrogens (tertiary/aromatic N) is 3. The fourth-order valence-electron chi connectivity index (χ4n) is 3.83. The standard InChI is InChI=1S/C27H38N4O5S/c32-27(13-12-25-11-8-14-28-23-25)29-15-6-1-2-7-22-37(33,34)31(17-16-30-18-20-35-21-19-30)36-24-26-9-4-3-5-10-26/h3-5,8-14,23H,1-2,6-7,15-22,24H2,(H,29,32)/b13-12+. The Bertz CT molecular complexity index is 1040. The van der Waals surface area contributed by atoms with Crippen molar-refractivity contribution in [3.05, 3.63) is 72.1 Å². The van der Waals surface area contributed by atoms with Crippen LogP contribution in [0, 0.1) is 0 Å². The Morgan fingerprint density at radius 2 is 1.86 bits per heavy atom. The van der Waals surface area contributed by atoms with Crippen LogP contribution in [0.25, 0.3) is 6.08 Å². The molecular weight excluding hydrogens is 492 g/mol. The third kappa shape index (κ3) is 11.5. The predicted molar refractivity (Wildman–Crippen MR) is 144 cm³/mol. The number of hydroxylamine groups is 1. The topological polar surface area (TPSA) is 101 Å². The number of hydrogen-bond acceptors (Lipinski definition) is 7. The molecule has 0 radical (unpaired) electrons. The van der Waals surface area contributed by atoms with E-state index in [2.05, 4.69) is 15.2 Å². The van der Waals surface area contributed by atoms with Crippen molar-refractivity contribution < 1.29 is 22.8 Å². The molecule has 2 aromatic rings. The Morgan fingerprint density at radius 3 is 2.62 bits per heavy atom. The van der Waals surface area contributed by atoms with Crippen molar-refractivity contribution in [1.82, 2.24) is 19.7 Å². The Kier molecular flexibility index (Phi) is 12.7. The highest BCUT2D eigenvalue weighted by molar-refractivity contribution is 7.88. The second-order valence-electron chi connectivity index (χ2n) is 8.88. The maximum Gasteiger partial charge on any atom is 0.243 e. The highest BCUT2D eigenvalue weighted by atomic mass is 32.2. The summed E-state index contributed by atoms with van der Waals surface area (Å²) in [6.45, 7) is 4.56. The molecule has 0 aliphatic carbocycles. The molecule has 0 saturated carbocycles. The third-order valence-corrected chi connectivity index (χ3v) is 7.68. The SMILES string of the molecule is O=C(/C=C/c1cccnc1)NCCCCCCS(=O)(=O)N(CCN1CCOCC1)OCc1ccccc1. The number of unbranched alkanes of at least 4 members (excludes halogenated alkanes) is 3. The molecule has 1 N–H and O–H groups in total. The number of ether oxygens (including phenoxy) is 1. The molecule has 0 atom stereocenters. The minimum atomic E-state index is -3.56. The summed E-state index contributed by atoms with van der Waals surface area (Å²) in [6, 6.07) is 13.3. The quantitative estimate of drug-likeness (QED) is 0.202. The van der Waals surface area contributed by atoms with Gasteiger partial charge in [-0.05, 0) is 36.1 Å². The number of carbonyl (C=O) groups excluding carboxylic acids is 1. The lowest BCUT2D eigenvalue weighted by molar-refractivity contribution is -0.116. The average Bonchev–Trinajstić information content (AvgIpc) is 2.93. The van der Waals surface area contributed by atoms with Crippen molar-refractivity contribution >= 4 is 22.0 Å². The van der Waals surface area contributed by atoms with Crippen LogP contribution in [-0.4, -0.2) is 80.4 Å². The number of hydrogen-bond donors (Lipinski definition) is 1. The Labute approximate surface area is 220 Å². The summed E-state index contributed by atoms with van der Waals surface area (Å²) >= 11 is 0. The molecule has 10 heteroatoms. The van der Waals surface area contributed by atoms with Gasteiger partial charge in [0, 0.05) is 44.6 Å². The van der Waals surface area contributed by atoms with Crippen molar-refractivity contribution in [2.24, 2.45) is 0 Å². The highest BCUT2D eigenvalue weighted by Crippen LogP contribution is 2.12. The summed E-state index contributed by atoms with van der Waals surface area (Å²) in [6.07, 6.45) is 9.51. The predicted octanol–water partition coefficient (Wildman–Crippen LogP) is 2.87. The fraction of sp³-hybridized carbons (Fsp3) is 0.481. The first kappa shape index (κ1) is 28.9. The van der Waals surface area contributed by atoms with E-state index >= 15 is 0 Å². The molecule has 0 bridgehead atoms. The monoisotopic (exact) mass is 530 g/mol. The number of sulfonamides is 1. The van der Waals surface area contributed by atoms with Crippen LogP contribution in [0.2, 0.25) is 0 Å². The van der Waals surface area contributed by atoms with E-state index in [0.717, 1.165) is 43.5 Å². The van der Waals surface area contributed by atoms with Gasteiger partial charge < -0.3 is 10.1 Å². The van der Waals surface area contributed by atoms with Crippen LogP contribution >= 0.6 is 0 Å². The molecule has 202 valence electrons. The fourth-order valence-corrected chi connectivity index (χ4v) is 5.18. The number of amides is 1. The molecule has 37 heavy (non-hydrogen) atoms. The van der Waals surface area contributed by atoms with Gasteiger partial charge >= 0.3 is 0 Å². The molecule has 1 fully saturated rings. The molecular formula is C27H38N4O5S. The van der Waals surface area contributed by atoms with Gasteiger partial charge in [-0.25, -0.2) is 8.42 Å². The lowest BCUT2D eigenvalue weighted by Crippen LogP contribution is -2.43. The van der Waals surface area contributed by atoms with Gasteiger partial charge in [0.2, 0.25) is 15.9 Å².